The van der Waals surface area contributed by atoms with Gasteiger partial charge in [0.25, 0.3) is 0 Å². The molecular weight excluding hydrogens is 164 g/mol. The molecule has 0 aromatic heterocycles. The van der Waals surface area contributed by atoms with E-state index in [4.69, 9.17) is 24.4 Å². The van der Waals surface area contributed by atoms with Crippen molar-refractivity contribution in [3.05, 3.63) is 6.79 Å². The van der Waals surface area contributed by atoms with Crippen molar-refractivity contribution in [1.82, 2.24) is 0 Å². The zero-order chi connectivity index (χ0) is 8.55. The van der Waals surface area contributed by atoms with Gasteiger partial charge in [0.1, 0.15) is 24.4 Å². The van der Waals surface area contributed by atoms with E-state index in [1.54, 1.807) is 0 Å². The molecular formula is C7H11O5. The molecule has 4 unspecified atom stereocenters. The van der Waals surface area contributed by atoms with Gasteiger partial charge in [-0.3, -0.25) is 0 Å². The van der Waals surface area contributed by atoms with Gasteiger partial charge in [-0.05, 0) is 0 Å². The minimum Gasteiger partial charge on any atom is -0.394 e. The lowest BCUT2D eigenvalue weighted by Gasteiger charge is -2.12. The van der Waals surface area contributed by atoms with Crippen molar-refractivity contribution >= 4 is 0 Å². The summed E-state index contributed by atoms with van der Waals surface area (Å²) in [5.74, 6) is 0. The Labute approximate surface area is 69.8 Å². The maximum atomic E-state index is 8.87. The molecule has 5 heteroatoms. The molecule has 2 N–H and O–H groups in total. The van der Waals surface area contributed by atoms with Crippen LogP contribution in [0.25, 0.3) is 0 Å². The van der Waals surface area contributed by atoms with Crippen LogP contribution in [-0.4, -0.2) is 47.8 Å². The van der Waals surface area contributed by atoms with Gasteiger partial charge in [-0.15, -0.1) is 0 Å². The van der Waals surface area contributed by atoms with E-state index in [1.807, 2.05) is 0 Å². The molecule has 0 spiro atoms. The summed E-state index contributed by atoms with van der Waals surface area (Å²) in [6.07, 6.45) is -1.31. The van der Waals surface area contributed by atoms with E-state index in [9.17, 15) is 0 Å². The topological polar surface area (TPSA) is 68.2 Å². The fourth-order valence-electron chi connectivity index (χ4n) is 1.59. The third-order valence-electron chi connectivity index (χ3n) is 2.19. The van der Waals surface area contributed by atoms with Crippen molar-refractivity contribution in [2.75, 3.05) is 13.2 Å². The molecule has 2 aliphatic rings. The zero-order valence-electron chi connectivity index (χ0n) is 6.42. The van der Waals surface area contributed by atoms with Crippen molar-refractivity contribution in [3.63, 3.8) is 0 Å². The van der Waals surface area contributed by atoms with Crippen LogP contribution in [0.15, 0.2) is 0 Å². The minimum atomic E-state index is -0.383. The maximum Gasteiger partial charge on any atom is 0.210 e. The lowest BCUT2D eigenvalue weighted by Crippen LogP contribution is -2.32. The number of ether oxygens (including phenoxy) is 3. The molecule has 12 heavy (non-hydrogen) atoms. The molecule has 69 valence electrons. The standard InChI is InChI=1S/C7H11O5/c8-1-4-6-7(11-3-10-6)5(2-9)12-4/h3-9H,1-2H2. The van der Waals surface area contributed by atoms with E-state index >= 15 is 0 Å². The molecule has 0 amide bonds. The van der Waals surface area contributed by atoms with Gasteiger partial charge in [0.2, 0.25) is 6.79 Å². The van der Waals surface area contributed by atoms with Crippen LogP contribution in [-0.2, 0) is 14.2 Å². The number of aliphatic hydroxyl groups excluding tert-OH is 2. The summed E-state index contributed by atoms with van der Waals surface area (Å²) in [5.41, 5.74) is 0. The average molecular weight is 175 g/mol. The van der Waals surface area contributed by atoms with E-state index in [0.29, 0.717) is 0 Å². The van der Waals surface area contributed by atoms with Gasteiger partial charge in [-0.2, -0.15) is 0 Å². The molecule has 5 nitrogen and oxygen atoms in total. The SMILES string of the molecule is OCC1OC(CO)C2O[CH]OC12. The van der Waals surface area contributed by atoms with E-state index in [-0.39, 0.29) is 37.6 Å². The second kappa shape index (κ2) is 3.27. The highest BCUT2D eigenvalue weighted by Gasteiger charge is 2.49. The Morgan fingerprint density at radius 1 is 1.00 bits per heavy atom. The second-order valence-electron chi connectivity index (χ2n) is 2.88. The molecule has 1 radical (unpaired) electrons. The first-order valence-electron chi connectivity index (χ1n) is 3.86. The molecule has 0 aromatic carbocycles. The Morgan fingerprint density at radius 2 is 1.50 bits per heavy atom. The van der Waals surface area contributed by atoms with E-state index in [0.717, 1.165) is 0 Å². The van der Waals surface area contributed by atoms with Gasteiger partial charge in [-0.1, -0.05) is 0 Å². The first-order chi connectivity index (χ1) is 5.86. The van der Waals surface area contributed by atoms with Crippen LogP contribution in [0.1, 0.15) is 0 Å². The highest BCUT2D eigenvalue weighted by atomic mass is 16.7. The lowest BCUT2D eigenvalue weighted by molar-refractivity contribution is -0.0738. The van der Waals surface area contributed by atoms with Gasteiger partial charge in [0, 0.05) is 0 Å². The molecule has 2 rings (SSSR count). The minimum absolute atomic E-state index is 0.116. The van der Waals surface area contributed by atoms with Crippen LogP contribution >= 0.6 is 0 Å². The summed E-state index contributed by atoms with van der Waals surface area (Å²) >= 11 is 0. The molecule has 2 saturated heterocycles. The average Bonchev–Trinajstić information content (AvgIpc) is 2.63. The predicted molar refractivity (Wildman–Crippen MR) is 36.9 cm³/mol. The Kier molecular flexibility index (Phi) is 2.29. The van der Waals surface area contributed by atoms with Crippen molar-refractivity contribution < 1.29 is 24.4 Å². The number of aliphatic hydroxyl groups is 2. The van der Waals surface area contributed by atoms with Gasteiger partial charge in [0.05, 0.1) is 13.2 Å². The third-order valence-corrected chi connectivity index (χ3v) is 2.19. The first kappa shape index (κ1) is 8.40. The molecule has 2 fully saturated rings. The molecule has 0 bridgehead atoms. The number of hydrogen-bond acceptors (Lipinski definition) is 5. The van der Waals surface area contributed by atoms with Crippen LogP contribution < -0.4 is 0 Å². The van der Waals surface area contributed by atoms with Gasteiger partial charge < -0.3 is 24.4 Å². The lowest BCUT2D eigenvalue weighted by atomic mass is 10.1. The van der Waals surface area contributed by atoms with Gasteiger partial charge in [-0.25, -0.2) is 0 Å². The van der Waals surface area contributed by atoms with Crippen molar-refractivity contribution in [1.29, 1.82) is 0 Å². The summed E-state index contributed by atoms with van der Waals surface area (Å²) in [7, 11) is 0. The van der Waals surface area contributed by atoms with Crippen molar-refractivity contribution in [2.24, 2.45) is 0 Å². The van der Waals surface area contributed by atoms with Crippen LogP contribution in [0.4, 0.5) is 0 Å². The van der Waals surface area contributed by atoms with Crippen LogP contribution in [0.3, 0.4) is 0 Å². The normalized spacial score (nSPS) is 46.5. The highest BCUT2D eigenvalue weighted by molar-refractivity contribution is 4.95. The number of rotatable bonds is 2. The molecule has 0 saturated carbocycles. The van der Waals surface area contributed by atoms with Crippen LogP contribution in [0.2, 0.25) is 0 Å². The summed E-state index contributed by atoms with van der Waals surface area (Å²) in [5, 5.41) is 17.7. The number of fused-ring (bicyclic) bond motifs is 1. The fraction of sp³-hybridized carbons (Fsp3) is 0.857. The van der Waals surface area contributed by atoms with Gasteiger partial charge in [0.15, 0.2) is 0 Å². The Balaban J connectivity index is 2.05. The maximum absolute atomic E-state index is 8.87. The van der Waals surface area contributed by atoms with E-state index < -0.39 is 0 Å². The second-order valence-corrected chi connectivity index (χ2v) is 2.88. The van der Waals surface area contributed by atoms with Crippen molar-refractivity contribution in [3.8, 4) is 0 Å². The quantitative estimate of drug-likeness (QED) is 0.542. The third kappa shape index (κ3) is 1.14. The van der Waals surface area contributed by atoms with E-state index in [1.165, 1.54) is 6.79 Å². The highest BCUT2D eigenvalue weighted by Crippen LogP contribution is 2.31. The largest absolute Gasteiger partial charge is 0.394 e. The van der Waals surface area contributed by atoms with Crippen LogP contribution in [0, 0.1) is 6.79 Å². The smallest absolute Gasteiger partial charge is 0.210 e. The first-order valence-corrected chi connectivity index (χ1v) is 3.86. The summed E-state index contributed by atoms with van der Waals surface area (Å²) in [6.45, 7) is 1.01. The molecule has 2 aliphatic heterocycles. The van der Waals surface area contributed by atoms with Gasteiger partial charge >= 0.3 is 0 Å². The molecule has 2 heterocycles. The van der Waals surface area contributed by atoms with Crippen molar-refractivity contribution in [2.45, 2.75) is 24.4 Å². The molecule has 4 atom stereocenters. The Bertz CT molecular complexity index is 146. The molecule has 0 aromatic rings. The monoisotopic (exact) mass is 175 g/mol. The van der Waals surface area contributed by atoms with Crippen LogP contribution in [0.5, 0.6) is 0 Å². The zero-order valence-corrected chi connectivity index (χ0v) is 6.42. The fourth-order valence-corrected chi connectivity index (χ4v) is 1.59. The summed E-state index contributed by atoms with van der Waals surface area (Å²) in [6, 6.07) is 0. The van der Waals surface area contributed by atoms with E-state index in [2.05, 4.69) is 0 Å². The summed E-state index contributed by atoms with van der Waals surface area (Å²) < 4.78 is 15.4. The summed E-state index contributed by atoms with van der Waals surface area (Å²) in [4.78, 5) is 0. The predicted octanol–water partition coefficient (Wildman–Crippen LogP) is -1.36. The molecule has 0 aliphatic carbocycles. The Morgan fingerprint density at radius 3 is 1.92 bits per heavy atom. The Hall–Kier alpha value is -0.200. The number of hydrogen-bond donors (Lipinski definition) is 2.